The average Bonchev–Trinajstić information content (AvgIpc) is 2.62. The normalized spacial score (nSPS) is 10.5. The fourth-order valence-electron chi connectivity index (χ4n) is 2.46. The summed E-state index contributed by atoms with van der Waals surface area (Å²) in [5.74, 6) is 0.900. The lowest BCUT2D eigenvalue weighted by atomic mass is 10.1. The number of nitrogens with two attached hydrogens (primary N) is 1. The molecule has 2 aromatic heterocycles. The number of carbonyl (C=O) groups is 1. The van der Waals surface area contributed by atoms with E-state index in [-0.39, 0.29) is 0 Å². The quantitative estimate of drug-likeness (QED) is 0.774. The van der Waals surface area contributed by atoms with Crippen molar-refractivity contribution in [2.75, 3.05) is 19.0 Å². The topological polar surface area (TPSA) is 85.0 Å². The molecule has 6 nitrogen and oxygen atoms in total. The van der Waals surface area contributed by atoms with Crippen LogP contribution in [0.15, 0.2) is 54.9 Å². The summed E-state index contributed by atoms with van der Waals surface area (Å²) in [6.07, 6.45) is 3.74. The predicted octanol–water partition coefficient (Wildman–Crippen LogP) is 2.29. The van der Waals surface area contributed by atoms with Crippen LogP contribution in [0.25, 0.3) is 11.4 Å². The van der Waals surface area contributed by atoms with Gasteiger partial charge in [-0.25, -0.2) is 15.0 Å². The van der Waals surface area contributed by atoms with Crippen molar-refractivity contribution in [3.8, 4) is 11.4 Å². The predicted molar refractivity (Wildman–Crippen MR) is 97.4 cm³/mol. The smallest absolute Gasteiger partial charge is 0.252 e. The van der Waals surface area contributed by atoms with E-state index in [9.17, 15) is 4.79 Å². The molecular weight excluding hydrogens is 314 g/mol. The van der Waals surface area contributed by atoms with Crippen molar-refractivity contribution in [1.29, 1.82) is 0 Å². The molecule has 1 aromatic carbocycles. The third-order valence-electron chi connectivity index (χ3n) is 3.80. The van der Waals surface area contributed by atoms with E-state index in [2.05, 4.69) is 15.0 Å². The number of hydrogen-bond acceptors (Lipinski definition) is 5. The molecule has 3 aromatic rings. The number of carbonyl (C=O) groups excluding carboxylic acids is 1. The van der Waals surface area contributed by atoms with E-state index in [0.29, 0.717) is 23.5 Å². The molecule has 0 aliphatic heterocycles. The molecule has 0 aliphatic rings. The van der Waals surface area contributed by atoms with Gasteiger partial charge in [0, 0.05) is 38.5 Å². The first-order valence-corrected chi connectivity index (χ1v) is 7.88. The number of pyridine rings is 1. The number of anilines is 1. The fourth-order valence-corrected chi connectivity index (χ4v) is 2.46. The molecule has 25 heavy (non-hydrogen) atoms. The molecule has 0 saturated carbocycles. The Morgan fingerprint density at radius 2 is 1.80 bits per heavy atom. The summed E-state index contributed by atoms with van der Waals surface area (Å²) < 4.78 is 0. The van der Waals surface area contributed by atoms with Gasteiger partial charge in [0.1, 0.15) is 5.82 Å². The lowest BCUT2D eigenvalue weighted by molar-refractivity contribution is 0.0998. The summed E-state index contributed by atoms with van der Waals surface area (Å²) in [4.78, 5) is 26.9. The van der Waals surface area contributed by atoms with Crippen molar-refractivity contribution >= 4 is 11.7 Å². The number of rotatable bonds is 5. The van der Waals surface area contributed by atoms with Crippen molar-refractivity contribution < 1.29 is 4.79 Å². The summed E-state index contributed by atoms with van der Waals surface area (Å²) in [7, 11) is 3.87. The highest BCUT2D eigenvalue weighted by molar-refractivity contribution is 5.93. The maximum Gasteiger partial charge on any atom is 0.252 e. The number of hydrogen-bond donors (Lipinski definition) is 1. The summed E-state index contributed by atoms with van der Waals surface area (Å²) in [5.41, 5.74) is 8.25. The zero-order valence-electron chi connectivity index (χ0n) is 14.2. The molecule has 0 unspecified atom stereocenters. The fraction of sp³-hybridized carbons (Fsp3) is 0.158. The van der Waals surface area contributed by atoms with E-state index in [0.717, 1.165) is 16.9 Å². The van der Waals surface area contributed by atoms with Gasteiger partial charge in [0.05, 0.1) is 11.3 Å². The lowest BCUT2D eigenvalue weighted by Crippen LogP contribution is -2.16. The highest BCUT2D eigenvalue weighted by Gasteiger charge is 2.14. The molecule has 0 radical (unpaired) electrons. The van der Waals surface area contributed by atoms with Gasteiger partial charge in [-0.2, -0.15) is 0 Å². The Labute approximate surface area is 146 Å². The van der Waals surface area contributed by atoms with Crippen LogP contribution in [0.5, 0.6) is 0 Å². The Kier molecular flexibility index (Phi) is 4.70. The maximum atomic E-state index is 11.7. The maximum absolute atomic E-state index is 11.7. The van der Waals surface area contributed by atoms with Crippen molar-refractivity contribution in [3.63, 3.8) is 0 Å². The van der Waals surface area contributed by atoms with E-state index >= 15 is 0 Å². The standard InChI is InChI=1S/C19H19N5O/c1-24(2)17-9-8-13(11-21-17)10-16-15(18(20)25)12-22-19(23-16)14-6-4-3-5-7-14/h3-9,11-12H,10H2,1-2H3,(H2,20,25). The molecule has 2 heterocycles. The van der Waals surface area contributed by atoms with Gasteiger partial charge in [-0.1, -0.05) is 36.4 Å². The molecule has 2 N–H and O–H groups in total. The van der Waals surface area contributed by atoms with Crippen LogP contribution in [0.3, 0.4) is 0 Å². The van der Waals surface area contributed by atoms with Gasteiger partial charge in [-0.15, -0.1) is 0 Å². The van der Waals surface area contributed by atoms with Crippen LogP contribution < -0.4 is 10.6 Å². The van der Waals surface area contributed by atoms with Crippen LogP contribution in [0.2, 0.25) is 0 Å². The molecule has 0 spiro atoms. The first kappa shape index (κ1) is 16.6. The largest absolute Gasteiger partial charge is 0.365 e. The van der Waals surface area contributed by atoms with Gasteiger partial charge < -0.3 is 10.6 Å². The summed E-state index contributed by atoms with van der Waals surface area (Å²) in [6, 6.07) is 13.5. The number of benzene rings is 1. The van der Waals surface area contributed by atoms with E-state index in [1.807, 2.05) is 61.5 Å². The summed E-state index contributed by atoms with van der Waals surface area (Å²) in [5, 5.41) is 0. The second-order valence-corrected chi connectivity index (χ2v) is 5.88. The summed E-state index contributed by atoms with van der Waals surface area (Å²) in [6.45, 7) is 0. The van der Waals surface area contributed by atoms with Crippen LogP contribution in [-0.4, -0.2) is 35.0 Å². The highest BCUT2D eigenvalue weighted by atomic mass is 16.1. The number of nitrogens with zero attached hydrogens (tertiary/aromatic N) is 4. The molecule has 6 heteroatoms. The zero-order valence-corrected chi connectivity index (χ0v) is 14.2. The number of amides is 1. The monoisotopic (exact) mass is 333 g/mol. The van der Waals surface area contributed by atoms with E-state index < -0.39 is 5.91 Å². The van der Waals surface area contributed by atoms with E-state index in [1.54, 1.807) is 6.20 Å². The van der Waals surface area contributed by atoms with Gasteiger partial charge in [0.2, 0.25) is 0 Å². The Bertz CT molecular complexity index is 876. The van der Waals surface area contributed by atoms with Crippen molar-refractivity contribution in [2.45, 2.75) is 6.42 Å². The molecule has 0 aliphatic carbocycles. The van der Waals surface area contributed by atoms with Gasteiger partial charge >= 0.3 is 0 Å². The molecule has 0 bridgehead atoms. The minimum Gasteiger partial charge on any atom is -0.365 e. The minimum atomic E-state index is -0.535. The third-order valence-corrected chi connectivity index (χ3v) is 3.80. The van der Waals surface area contributed by atoms with Gasteiger partial charge in [-0.05, 0) is 11.6 Å². The molecule has 0 saturated heterocycles. The first-order valence-electron chi connectivity index (χ1n) is 7.88. The second kappa shape index (κ2) is 7.09. The van der Waals surface area contributed by atoms with E-state index in [4.69, 9.17) is 5.73 Å². The second-order valence-electron chi connectivity index (χ2n) is 5.88. The van der Waals surface area contributed by atoms with Gasteiger partial charge in [-0.3, -0.25) is 4.79 Å². The Morgan fingerprint density at radius 3 is 2.40 bits per heavy atom. The average molecular weight is 333 g/mol. The molecule has 126 valence electrons. The zero-order chi connectivity index (χ0) is 17.8. The number of aromatic nitrogens is 3. The molecule has 1 amide bonds. The molecular formula is C19H19N5O. The summed E-state index contributed by atoms with van der Waals surface area (Å²) >= 11 is 0. The SMILES string of the molecule is CN(C)c1ccc(Cc2nc(-c3ccccc3)ncc2C(N)=O)cn1. The van der Waals surface area contributed by atoms with Gasteiger partial charge in [0.25, 0.3) is 5.91 Å². The van der Waals surface area contributed by atoms with Gasteiger partial charge in [0.15, 0.2) is 5.82 Å². The highest BCUT2D eigenvalue weighted by Crippen LogP contribution is 2.19. The molecule has 3 rings (SSSR count). The molecule has 0 fully saturated rings. The third kappa shape index (κ3) is 3.80. The Morgan fingerprint density at radius 1 is 1.04 bits per heavy atom. The van der Waals surface area contributed by atoms with Crippen LogP contribution >= 0.6 is 0 Å². The first-order chi connectivity index (χ1) is 12.0. The van der Waals surface area contributed by atoms with Crippen LogP contribution in [0, 0.1) is 0 Å². The van der Waals surface area contributed by atoms with Crippen molar-refractivity contribution in [3.05, 3.63) is 71.7 Å². The van der Waals surface area contributed by atoms with Crippen LogP contribution in [0.4, 0.5) is 5.82 Å². The van der Waals surface area contributed by atoms with Crippen molar-refractivity contribution in [2.24, 2.45) is 5.73 Å². The Hall–Kier alpha value is -3.28. The minimum absolute atomic E-state index is 0.330. The van der Waals surface area contributed by atoms with E-state index in [1.165, 1.54) is 6.20 Å². The van der Waals surface area contributed by atoms with Crippen LogP contribution in [-0.2, 0) is 6.42 Å². The number of primary amides is 1. The Balaban J connectivity index is 1.96. The lowest BCUT2D eigenvalue weighted by Gasteiger charge is -2.12. The van der Waals surface area contributed by atoms with Crippen LogP contribution in [0.1, 0.15) is 21.6 Å². The molecule has 0 atom stereocenters. The van der Waals surface area contributed by atoms with Crippen molar-refractivity contribution in [1.82, 2.24) is 15.0 Å².